The van der Waals surface area contributed by atoms with E-state index >= 15 is 0 Å². The lowest BCUT2D eigenvalue weighted by Crippen LogP contribution is -2.30. The molecule has 0 aromatic heterocycles. The van der Waals surface area contributed by atoms with Gasteiger partial charge in [0.1, 0.15) is 5.75 Å². The second kappa shape index (κ2) is 12.3. The highest BCUT2D eigenvalue weighted by Crippen LogP contribution is 2.28. The van der Waals surface area contributed by atoms with E-state index in [4.69, 9.17) is 9.47 Å². The summed E-state index contributed by atoms with van der Waals surface area (Å²) in [6.45, 7) is 1.72. The average Bonchev–Trinajstić information content (AvgIpc) is 2.96. The van der Waals surface area contributed by atoms with Crippen molar-refractivity contribution >= 4 is 33.3 Å². The molecule has 39 heavy (non-hydrogen) atoms. The highest BCUT2D eigenvalue weighted by Gasteiger charge is 2.25. The van der Waals surface area contributed by atoms with E-state index in [1.54, 1.807) is 72.8 Å². The van der Waals surface area contributed by atoms with Gasteiger partial charge in [0, 0.05) is 0 Å². The van der Waals surface area contributed by atoms with Gasteiger partial charge in [-0.3, -0.25) is 9.10 Å². The minimum absolute atomic E-state index is 0.138. The Bertz CT molecular complexity index is 1540. The number of esters is 1. The number of aryl methyl sites for hydroxylation is 1. The number of para-hydroxylation sites is 1. The van der Waals surface area contributed by atoms with Gasteiger partial charge in [-0.25, -0.2) is 13.2 Å². The largest absolute Gasteiger partial charge is 0.484 e. The number of anilines is 2. The van der Waals surface area contributed by atoms with Crippen LogP contribution >= 0.6 is 0 Å². The van der Waals surface area contributed by atoms with Crippen LogP contribution in [-0.4, -0.2) is 34.0 Å². The maximum atomic E-state index is 13.6. The standard InChI is InChI=1S/C30H28N2O6S/c1-22-12-18-26(19-13-22)39(35,36)32(20-23-8-4-3-5-9-23)24-14-16-25(17-15-24)38-21-29(33)31-28-11-7-6-10-27(28)30(34)37-2/h3-19H,20-21H2,1-2H3,(H,31,33). The van der Waals surface area contributed by atoms with Gasteiger partial charge in [0.25, 0.3) is 15.9 Å². The third kappa shape index (κ3) is 6.82. The molecule has 0 saturated carbocycles. The molecule has 4 aromatic carbocycles. The first-order valence-corrected chi connectivity index (χ1v) is 13.6. The molecule has 1 amide bonds. The molecule has 0 atom stereocenters. The van der Waals surface area contributed by atoms with Gasteiger partial charge in [-0.15, -0.1) is 0 Å². The summed E-state index contributed by atoms with van der Waals surface area (Å²) in [6.07, 6.45) is 0. The Morgan fingerprint density at radius 3 is 2.13 bits per heavy atom. The molecule has 8 nitrogen and oxygen atoms in total. The van der Waals surface area contributed by atoms with Crippen LogP contribution in [0.4, 0.5) is 11.4 Å². The molecule has 0 unspecified atom stereocenters. The predicted molar refractivity (Wildman–Crippen MR) is 149 cm³/mol. The van der Waals surface area contributed by atoms with E-state index in [0.29, 0.717) is 17.1 Å². The second-order valence-electron chi connectivity index (χ2n) is 8.68. The van der Waals surface area contributed by atoms with E-state index < -0.39 is 21.9 Å². The first kappa shape index (κ1) is 27.4. The summed E-state index contributed by atoms with van der Waals surface area (Å²) in [5, 5.41) is 2.64. The third-order valence-electron chi connectivity index (χ3n) is 5.88. The summed E-state index contributed by atoms with van der Waals surface area (Å²) in [6, 6.07) is 29.0. The maximum absolute atomic E-state index is 13.6. The van der Waals surface area contributed by atoms with Gasteiger partial charge in [-0.1, -0.05) is 60.2 Å². The zero-order chi connectivity index (χ0) is 27.8. The molecule has 0 aliphatic carbocycles. The van der Waals surface area contributed by atoms with Crippen LogP contribution in [0.3, 0.4) is 0 Å². The number of nitrogens with zero attached hydrogens (tertiary/aromatic N) is 1. The maximum Gasteiger partial charge on any atom is 0.339 e. The van der Waals surface area contributed by atoms with Crippen molar-refractivity contribution in [2.75, 3.05) is 23.3 Å². The smallest absolute Gasteiger partial charge is 0.339 e. The molecule has 0 spiro atoms. The molecule has 0 fully saturated rings. The first-order chi connectivity index (χ1) is 18.8. The van der Waals surface area contributed by atoms with Crippen LogP contribution in [0.5, 0.6) is 5.75 Å². The van der Waals surface area contributed by atoms with Gasteiger partial charge in [0.15, 0.2) is 6.61 Å². The fourth-order valence-corrected chi connectivity index (χ4v) is 5.28. The van der Waals surface area contributed by atoms with Crippen LogP contribution in [0.1, 0.15) is 21.5 Å². The van der Waals surface area contributed by atoms with Crippen molar-refractivity contribution in [2.24, 2.45) is 0 Å². The van der Waals surface area contributed by atoms with Crippen molar-refractivity contribution in [3.05, 3.63) is 120 Å². The zero-order valence-electron chi connectivity index (χ0n) is 21.5. The van der Waals surface area contributed by atoms with Crippen LogP contribution in [0.25, 0.3) is 0 Å². The number of sulfonamides is 1. The van der Waals surface area contributed by atoms with Crippen LogP contribution in [0.2, 0.25) is 0 Å². The molecule has 0 aliphatic heterocycles. The highest BCUT2D eigenvalue weighted by molar-refractivity contribution is 7.92. The SMILES string of the molecule is COC(=O)c1ccccc1NC(=O)COc1ccc(N(Cc2ccccc2)S(=O)(=O)c2ccc(C)cc2)cc1. The lowest BCUT2D eigenvalue weighted by Gasteiger charge is -2.25. The van der Waals surface area contributed by atoms with Crippen molar-refractivity contribution in [1.29, 1.82) is 0 Å². The van der Waals surface area contributed by atoms with Crippen molar-refractivity contribution in [2.45, 2.75) is 18.4 Å². The molecule has 0 aliphatic rings. The first-order valence-electron chi connectivity index (χ1n) is 12.1. The van der Waals surface area contributed by atoms with Crippen LogP contribution in [-0.2, 0) is 26.1 Å². The minimum Gasteiger partial charge on any atom is -0.484 e. The van der Waals surface area contributed by atoms with Gasteiger partial charge in [0.2, 0.25) is 0 Å². The fourth-order valence-electron chi connectivity index (χ4n) is 3.83. The number of methoxy groups -OCH3 is 1. The number of rotatable bonds is 10. The molecule has 0 bridgehead atoms. The van der Waals surface area contributed by atoms with Crippen LogP contribution in [0, 0.1) is 6.92 Å². The van der Waals surface area contributed by atoms with Gasteiger partial charge >= 0.3 is 5.97 Å². The van der Waals surface area contributed by atoms with Gasteiger partial charge in [0.05, 0.1) is 35.5 Å². The molecule has 4 rings (SSSR count). The zero-order valence-corrected chi connectivity index (χ0v) is 22.4. The molecule has 200 valence electrons. The lowest BCUT2D eigenvalue weighted by atomic mass is 10.2. The second-order valence-corrected chi connectivity index (χ2v) is 10.5. The topological polar surface area (TPSA) is 102 Å². The van der Waals surface area contributed by atoms with Crippen molar-refractivity contribution < 1.29 is 27.5 Å². The Kier molecular flexibility index (Phi) is 8.63. The number of nitrogens with one attached hydrogen (secondary N) is 1. The van der Waals surface area contributed by atoms with E-state index in [1.807, 2.05) is 37.3 Å². The molecule has 4 aromatic rings. The summed E-state index contributed by atoms with van der Waals surface area (Å²) >= 11 is 0. The van der Waals surface area contributed by atoms with Crippen LogP contribution < -0.4 is 14.4 Å². The number of carbonyl (C=O) groups is 2. The molecule has 0 saturated heterocycles. The summed E-state index contributed by atoms with van der Waals surface area (Å²) in [4.78, 5) is 24.6. The Hall–Kier alpha value is -4.63. The van der Waals surface area contributed by atoms with Gasteiger partial charge in [-0.05, 0) is 61.0 Å². The quantitative estimate of drug-likeness (QED) is 0.276. The summed E-state index contributed by atoms with van der Waals surface area (Å²) in [5.74, 6) is -0.659. The number of benzene rings is 4. The molecular weight excluding hydrogens is 516 g/mol. The Morgan fingerprint density at radius 2 is 1.46 bits per heavy atom. The van der Waals surface area contributed by atoms with Crippen molar-refractivity contribution in [1.82, 2.24) is 0 Å². The molecule has 1 N–H and O–H groups in total. The summed E-state index contributed by atoms with van der Waals surface area (Å²) in [7, 11) is -2.60. The van der Waals surface area contributed by atoms with E-state index in [1.165, 1.54) is 11.4 Å². The number of carbonyl (C=O) groups excluding carboxylic acids is 2. The summed E-state index contributed by atoms with van der Waals surface area (Å²) in [5.41, 5.74) is 2.78. The van der Waals surface area contributed by atoms with E-state index in [0.717, 1.165) is 11.1 Å². The van der Waals surface area contributed by atoms with E-state index in [-0.39, 0.29) is 23.6 Å². The highest BCUT2D eigenvalue weighted by atomic mass is 32.2. The Morgan fingerprint density at radius 1 is 0.821 bits per heavy atom. The van der Waals surface area contributed by atoms with Gasteiger partial charge < -0.3 is 14.8 Å². The predicted octanol–water partition coefficient (Wildman–Crippen LogP) is 5.19. The number of ether oxygens (including phenoxy) is 2. The lowest BCUT2D eigenvalue weighted by molar-refractivity contribution is -0.118. The van der Waals surface area contributed by atoms with Crippen molar-refractivity contribution in [3.8, 4) is 5.75 Å². The molecule has 0 heterocycles. The fraction of sp³-hybridized carbons (Fsp3) is 0.133. The Labute approximate surface area is 227 Å². The normalized spacial score (nSPS) is 10.9. The molecule has 0 radical (unpaired) electrons. The minimum atomic E-state index is -3.86. The number of hydrogen-bond acceptors (Lipinski definition) is 6. The number of amides is 1. The van der Waals surface area contributed by atoms with Gasteiger partial charge in [-0.2, -0.15) is 0 Å². The van der Waals surface area contributed by atoms with Crippen molar-refractivity contribution in [3.63, 3.8) is 0 Å². The monoisotopic (exact) mass is 544 g/mol. The third-order valence-corrected chi connectivity index (χ3v) is 7.67. The Balaban J connectivity index is 1.50. The average molecular weight is 545 g/mol. The number of hydrogen-bond donors (Lipinski definition) is 1. The summed E-state index contributed by atoms with van der Waals surface area (Å²) < 4.78 is 38.9. The molecule has 9 heteroatoms. The van der Waals surface area contributed by atoms with E-state index in [2.05, 4.69) is 5.32 Å². The van der Waals surface area contributed by atoms with E-state index in [9.17, 15) is 18.0 Å². The molecular formula is C30H28N2O6S. The van der Waals surface area contributed by atoms with Crippen LogP contribution in [0.15, 0.2) is 108 Å².